The predicted molar refractivity (Wildman–Crippen MR) is 83.2 cm³/mol. The Balaban J connectivity index is 1.89. The Morgan fingerprint density at radius 1 is 1.18 bits per heavy atom. The van der Waals surface area contributed by atoms with E-state index in [1.54, 1.807) is 4.90 Å². The SMILES string of the molecule is CS(=O)(=O)C1(C(=O)N2CCc3ccccc3C2)CCOCC1. The molecule has 3 rings (SSSR count). The molecule has 0 aliphatic carbocycles. The summed E-state index contributed by atoms with van der Waals surface area (Å²) in [6.45, 7) is 1.72. The average molecular weight is 323 g/mol. The summed E-state index contributed by atoms with van der Waals surface area (Å²) in [4.78, 5) is 14.7. The summed E-state index contributed by atoms with van der Waals surface area (Å²) in [7, 11) is -3.48. The molecule has 1 aromatic rings. The first-order valence-electron chi connectivity index (χ1n) is 7.57. The minimum absolute atomic E-state index is 0.253. The molecular formula is C16H21NO4S. The summed E-state index contributed by atoms with van der Waals surface area (Å²) in [5.74, 6) is -0.257. The fourth-order valence-corrected chi connectivity index (χ4v) is 4.76. The Morgan fingerprint density at radius 3 is 2.45 bits per heavy atom. The third-order valence-electron chi connectivity index (χ3n) is 4.82. The molecule has 0 unspecified atom stereocenters. The number of hydrogen-bond donors (Lipinski definition) is 0. The quantitative estimate of drug-likeness (QED) is 0.819. The second-order valence-corrected chi connectivity index (χ2v) is 8.45. The second-order valence-electron chi connectivity index (χ2n) is 6.12. The van der Waals surface area contributed by atoms with Crippen LogP contribution in [0.1, 0.15) is 24.0 Å². The van der Waals surface area contributed by atoms with Gasteiger partial charge in [-0.25, -0.2) is 8.42 Å². The van der Waals surface area contributed by atoms with Gasteiger partial charge in [-0.3, -0.25) is 4.79 Å². The molecule has 0 spiro atoms. The summed E-state index contributed by atoms with van der Waals surface area (Å²) in [5, 5.41) is 0. The van der Waals surface area contributed by atoms with Crippen molar-refractivity contribution in [1.29, 1.82) is 0 Å². The van der Waals surface area contributed by atoms with Gasteiger partial charge in [0.1, 0.15) is 0 Å². The first-order chi connectivity index (χ1) is 10.4. The van der Waals surface area contributed by atoms with Crippen LogP contribution in [0, 0.1) is 0 Å². The van der Waals surface area contributed by atoms with E-state index in [0.717, 1.165) is 12.0 Å². The third-order valence-corrected chi connectivity index (χ3v) is 6.82. The van der Waals surface area contributed by atoms with Crippen LogP contribution >= 0.6 is 0 Å². The van der Waals surface area contributed by atoms with Crippen molar-refractivity contribution in [3.8, 4) is 0 Å². The van der Waals surface area contributed by atoms with E-state index in [-0.39, 0.29) is 18.7 Å². The topological polar surface area (TPSA) is 63.7 Å². The Hall–Kier alpha value is -1.40. The van der Waals surface area contributed by atoms with Crippen LogP contribution in [0.4, 0.5) is 0 Å². The largest absolute Gasteiger partial charge is 0.381 e. The highest BCUT2D eigenvalue weighted by molar-refractivity contribution is 7.92. The van der Waals surface area contributed by atoms with Crippen LogP contribution in [0.3, 0.4) is 0 Å². The van der Waals surface area contributed by atoms with Gasteiger partial charge in [0, 0.05) is 32.6 Å². The molecule has 2 aliphatic rings. The van der Waals surface area contributed by atoms with E-state index in [1.807, 2.05) is 18.2 Å². The maximum absolute atomic E-state index is 13.0. The van der Waals surface area contributed by atoms with Crippen molar-refractivity contribution >= 4 is 15.7 Å². The number of amides is 1. The summed E-state index contributed by atoms with van der Waals surface area (Å²) >= 11 is 0. The van der Waals surface area contributed by atoms with Crippen LogP contribution in [-0.4, -0.2) is 50.0 Å². The highest BCUT2D eigenvalue weighted by Crippen LogP contribution is 2.33. The van der Waals surface area contributed by atoms with Crippen LogP contribution in [0.25, 0.3) is 0 Å². The van der Waals surface area contributed by atoms with Crippen molar-refractivity contribution in [3.05, 3.63) is 35.4 Å². The lowest BCUT2D eigenvalue weighted by molar-refractivity contribution is -0.137. The number of hydrogen-bond acceptors (Lipinski definition) is 4. The van der Waals surface area contributed by atoms with Crippen LogP contribution in [0.2, 0.25) is 0 Å². The van der Waals surface area contributed by atoms with Gasteiger partial charge in [0.15, 0.2) is 14.6 Å². The summed E-state index contributed by atoms with van der Waals surface area (Å²) in [6, 6.07) is 8.02. The molecule has 120 valence electrons. The van der Waals surface area contributed by atoms with Crippen LogP contribution < -0.4 is 0 Å². The number of benzene rings is 1. The summed E-state index contributed by atoms with van der Waals surface area (Å²) < 4.78 is 28.6. The first kappa shape index (κ1) is 15.5. The lowest BCUT2D eigenvalue weighted by Gasteiger charge is -2.39. The molecule has 1 fully saturated rings. The maximum atomic E-state index is 13.0. The summed E-state index contributed by atoms with van der Waals surface area (Å²) in [5.41, 5.74) is 2.35. The van der Waals surface area contributed by atoms with Gasteiger partial charge in [0.05, 0.1) is 0 Å². The Morgan fingerprint density at radius 2 is 1.82 bits per heavy atom. The zero-order chi connectivity index (χ0) is 15.8. The zero-order valence-electron chi connectivity index (χ0n) is 12.7. The minimum Gasteiger partial charge on any atom is -0.381 e. The van der Waals surface area contributed by atoms with Gasteiger partial charge in [0.25, 0.3) is 0 Å². The highest BCUT2D eigenvalue weighted by Gasteiger charge is 2.51. The molecule has 0 bridgehead atoms. The van der Waals surface area contributed by atoms with Crippen molar-refractivity contribution < 1.29 is 17.9 Å². The number of nitrogens with zero attached hydrogens (tertiary/aromatic N) is 1. The van der Waals surface area contributed by atoms with E-state index < -0.39 is 14.6 Å². The van der Waals surface area contributed by atoms with E-state index >= 15 is 0 Å². The fourth-order valence-electron chi connectivity index (χ4n) is 3.40. The second kappa shape index (κ2) is 5.66. The van der Waals surface area contributed by atoms with Gasteiger partial charge in [-0.2, -0.15) is 0 Å². The van der Waals surface area contributed by atoms with Crippen LogP contribution in [0.5, 0.6) is 0 Å². The smallest absolute Gasteiger partial charge is 0.244 e. The standard InChI is InChI=1S/C16H21NO4S/c1-22(19,20)16(7-10-21-11-8-16)15(18)17-9-6-13-4-2-3-5-14(13)12-17/h2-5H,6-12H2,1H3. The normalized spacial score (nSPS) is 21.2. The lowest BCUT2D eigenvalue weighted by atomic mass is 9.94. The number of fused-ring (bicyclic) bond motifs is 1. The molecule has 2 aliphatic heterocycles. The van der Waals surface area contributed by atoms with E-state index in [2.05, 4.69) is 6.07 Å². The third kappa shape index (κ3) is 2.54. The molecule has 0 radical (unpaired) electrons. The number of sulfone groups is 1. The van der Waals surface area contributed by atoms with Crippen molar-refractivity contribution in [1.82, 2.24) is 4.90 Å². The van der Waals surface area contributed by atoms with E-state index in [4.69, 9.17) is 4.74 Å². The number of carbonyl (C=O) groups is 1. The van der Waals surface area contributed by atoms with Gasteiger partial charge in [-0.1, -0.05) is 24.3 Å². The Kier molecular flexibility index (Phi) is 3.99. The molecule has 6 heteroatoms. The van der Waals surface area contributed by atoms with Crippen molar-refractivity contribution in [2.24, 2.45) is 0 Å². The average Bonchev–Trinajstić information content (AvgIpc) is 2.53. The highest BCUT2D eigenvalue weighted by atomic mass is 32.2. The predicted octanol–water partition coefficient (Wildman–Crippen LogP) is 1.17. The Bertz CT molecular complexity index is 677. The van der Waals surface area contributed by atoms with Crippen LogP contribution in [0.15, 0.2) is 24.3 Å². The molecule has 2 heterocycles. The molecule has 5 nitrogen and oxygen atoms in total. The monoisotopic (exact) mass is 323 g/mol. The Labute approximate surface area is 131 Å². The van der Waals surface area contributed by atoms with Gasteiger partial charge in [0.2, 0.25) is 5.91 Å². The first-order valence-corrected chi connectivity index (χ1v) is 9.47. The molecule has 0 atom stereocenters. The molecule has 1 amide bonds. The van der Waals surface area contributed by atoms with E-state index in [1.165, 1.54) is 11.8 Å². The maximum Gasteiger partial charge on any atom is 0.244 e. The minimum atomic E-state index is -3.48. The van der Waals surface area contributed by atoms with E-state index in [0.29, 0.717) is 26.3 Å². The van der Waals surface area contributed by atoms with Crippen molar-refractivity contribution in [3.63, 3.8) is 0 Å². The number of carbonyl (C=O) groups excluding carboxylic acids is 1. The van der Waals surface area contributed by atoms with Gasteiger partial charge < -0.3 is 9.64 Å². The van der Waals surface area contributed by atoms with Crippen molar-refractivity contribution in [2.45, 2.75) is 30.6 Å². The van der Waals surface area contributed by atoms with Crippen molar-refractivity contribution in [2.75, 3.05) is 26.0 Å². The van der Waals surface area contributed by atoms with E-state index in [9.17, 15) is 13.2 Å². The lowest BCUT2D eigenvalue weighted by Crippen LogP contribution is -2.57. The molecule has 22 heavy (non-hydrogen) atoms. The molecule has 0 saturated carbocycles. The molecule has 0 aromatic heterocycles. The molecule has 1 aromatic carbocycles. The molecule has 0 N–H and O–H groups in total. The molecular weight excluding hydrogens is 302 g/mol. The van der Waals surface area contributed by atoms with Gasteiger partial charge in [-0.05, 0) is 30.4 Å². The van der Waals surface area contributed by atoms with Crippen LogP contribution in [-0.2, 0) is 32.3 Å². The zero-order valence-corrected chi connectivity index (χ0v) is 13.6. The fraction of sp³-hybridized carbons (Fsp3) is 0.562. The summed E-state index contributed by atoms with van der Waals surface area (Å²) in [6.07, 6.45) is 2.46. The van der Waals surface area contributed by atoms with Gasteiger partial charge in [-0.15, -0.1) is 0 Å². The molecule has 1 saturated heterocycles. The van der Waals surface area contributed by atoms with Gasteiger partial charge >= 0.3 is 0 Å². The number of rotatable bonds is 2. The number of ether oxygens (including phenoxy) is 1.